The number of H-pyrrole nitrogens is 1. The van der Waals surface area contributed by atoms with Gasteiger partial charge in [-0.2, -0.15) is 0 Å². The maximum absolute atomic E-state index is 13.4. The van der Waals surface area contributed by atoms with E-state index in [0.29, 0.717) is 12.1 Å². The van der Waals surface area contributed by atoms with Crippen LogP contribution in [0.1, 0.15) is 23.6 Å². The van der Waals surface area contributed by atoms with Gasteiger partial charge in [-0.15, -0.1) is 0 Å². The third-order valence-electron chi connectivity index (χ3n) is 4.54. The number of hydrogen-bond acceptors (Lipinski definition) is 2. The molecule has 0 fully saturated rings. The molecule has 0 bridgehead atoms. The molecule has 1 aromatic heterocycles. The summed E-state index contributed by atoms with van der Waals surface area (Å²) in [4.78, 5) is 27.5. The molecule has 0 radical (unpaired) electrons. The van der Waals surface area contributed by atoms with Crippen molar-refractivity contribution in [1.82, 2.24) is 10.3 Å². The normalized spacial score (nSPS) is 15.8. The molecule has 6 heteroatoms. The highest BCUT2D eigenvalue weighted by atomic mass is 19.1. The van der Waals surface area contributed by atoms with E-state index in [1.54, 1.807) is 24.4 Å². The third kappa shape index (κ3) is 2.87. The molecule has 0 spiro atoms. The lowest BCUT2D eigenvalue weighted by Crippen LogP contribution is -2.37. The lowest BCUT2D eigenvalue weighted by molar-refractivity contribution is -0.136. The van der Waals surface area contributed by atoms with Gasteiger partial charge in [0.15, 0.2) is 0 Å². The Balaban J connectivity index is 1.48. The van der Waals surface area contributed by atoms with Crippen molar-refractivity contribution in [3.05, 3.63) is 65.6 Å². The van der Waals surface area contributed by atoms with Crippen LogP contribution < -0.4 is 10.6 Å². The molecule has 2 aromatic carbocycles. The Kier molecular flexibility index (Phi) is 3.72. The van der Waals surface area contributed by atoms with Crippen LogP contribution in [0.3, 0.4) is 0 Å². The van der Waals surface area contributed by atoms with Gasteiger partial charge in [-0.3, -0.25) is 9.59 Å². The van der Waals surface area contributed by atoms with Crippen LogP contribution in [0.5, 0.6) is 0 Å². The molecular formula is C19H16FN3O2. The first-order valence-corrected chi connectivity index (χ1v) is 8.08. The quantitative estimate of drug-likeness (QED) is 0.629. The SMILES string of the molecule is O=C(Nc1cccc2[nH]ccc12)C(=O)N[C@H]1CCc2ccc(F)cc21. The molecule has 3 N–H and O–H groups in total. The minimum absolute atomic E-state index is 0.341. The second-order valence-electron chi connectivity index (χ2n) is 6.11. The predicted octanol–water partition coefficient (Wildman–Crippen LogP) is 3.05. The van der Waals surface area contributed by atoms with Crippen molar-refractivity contribution in [1.29, 1.82) is 0 Å². The highest BCUT2D eigenvalue weighted by molar-refractivity contribution is 6.40. The Bertz CT molecular complexity index is 980. The van der Waals surface area contributed by atoms with Crippen molar-refractivity contribution in [3.63, 3.8) is 0 Å². The van der Waals surface area contributed by atoms with Gasteiger partial charge in [-0.05, 0) is 54.3 Å². The molecule has 25 heavy (non-hydrogen) atoms. The summed E-state index contributed by atoms with van der Waals surface area (Å²) in [7, 11) is 0. The van der Waals surface area contributed by atoms with E-state index in [9.17, 15) is 14.0 Å². The molecule has 0 unspecified atom stereocenters. The Hall–Kier alpha value is -3.15. The van der Waals surface area contributed by atoms with Crippen molar-refractivity contribution < 1.29 is 14.0 Å². The second-order valence-corrected chi connectivity index (χ2v) is 6.11. The van der Waals surface area contributed by atoms with E-state index >= 15 is 0 Å². The second kappa shape index (κ2) is 6.05. The van der Waals surface area contributed by atoms with Crippen molar-refractivity contribution in [3.8, 4) is 0 Å². The number of anilines is 1. The predicted molar refractivity (Wildman–Crippen MR) is 92.5 cm³/mol. The maximum atomic E-state index is 13.4. The van der Waals surface area contributed by atoms with Gasteiger partial charge in [-0.25, -0.2) is 4.39 Å². The Morgan fingerprint density at radius 1 is 1.12 bits per heavy atom. The minimum atomic E-state index is -0.737. The summed E-state index contributed by atoms with van der Waals surface area (Å²) in [5, 5.41) is 6.16. The lowest BCUT2D eigenvalue weighted by atomic mass is 10.1. The van der Waals surface area contributed by atoms with Gasteiger partial charge in [0.2, 0.25) is 0 Å². The number of aryl methyl sites for hydroxylation is 1. The van der Waals surface area contributed by atoms with Crippen molar-refractivity contribution in [2.75, 3.05) is 5.32 Å². The van der Waals surface area contributed by atoms with Crippen LogP contribution >= 0.6 is 0 Å². The highest BCUT2D eigenvalue weighted by Gasteiger charge is 2.26. The van der Waals surface area contributed by atoms with Crippen LogP contribution in [0, 0.1) is 5.82 Å². The molecule has 1 atom stereocenters. The topological polar surface area (TPSA) is 74.0 Å². The molecule has 0 saturated heterocycles. The zero-order valence-corrected chi connectivity index (χ0v) is 13.3. The monoisotopic (exact) mass is 337 g/mol. The average Bonchev–Trinajstić information content (AvgIpc) is 3.22. The van der Waals surface area contributed by atoms with Crippen LogP contribution in [-0.4, -0.2) is 16.8 Å². The fourth-order valence-electron chi connectivity index (χ4n) is 3.32. The van der Waals surface area contributed by atoms with Crippen LogP contribution in [0.25, 0.3) is 10.9 Å². The summed E-state index contributed by atoms with van der Waals surface area (Å²) in [6.07, 6.45) is 3.18. The van der Waals surface area contributed by atoms with Gasteiger partial charge >= 0.3 is 11.8 Å². The summed E-state index contributed by atoms with van der Waals surface area (Å²) in [5.74, 6) is -1.81. The summed E-state index contributed by atoms with van der Waals surface area (Å²) in [6.45, 7) is 0. The smallest absolute Gasteiger partial charge is 0.313 e. The van der Waals surface area contributed by atoms with Crippen LogP contribution in [0.4, 0.5) is 10.1 Å². The van der Waals surface area contributed by atoms with Gasteiger partial charge in [-0.1, -0.05) is 12.1 Å². The molecule has 1 aliphatic carbocycles. The largest absolute Gasteiger partial charge is 0.361 e. The number of amides is 2. The summed E-state index contributed by atoms with van der Waals surface area (Å²) < 4.78 is 13.4. The van der Waals surface area contributed by atoms with E-state index in [2.05, 4.69) is 15.6 Å². The summed E-state index contributed by atoms with van der Waals surface area (Å²) >= 11 is 0. The Morgan fingerprint density at radius 2 is 2.00 bits per heavy atom. The third-order valence-corrected chi connectivity index (χ3v) is 4.54. The van der Waals surface area contributed by atoms with Crippen LogP contribution in [0.15, 0.2) is 48.7 Å². The van der Waals surface area contributed by atoms with E-state index in [1.165, 1.54) is 12.1 Å². The first-order chi connectivity index (χ1) is 12.1. The van der Waals surface area contributed by atoms with Crippen molar-refractivity contribution in [2.24, 2.45) is 0 Å². The molecule has 2 amide bonds. The highest BCUT2D eigenvalue weighted by Crippen LogP contribution is 2.31. The lowest BCUT2D eigenvalue weighted by Gasteiger charge is -2.14. The number of hydrogen-bond donors (Lipinski definition) is 3. The van der Waals surface area contributed by atoms with Gasteiger partial charge in [0.05, 0.1) is 11.7 Å². The molecule has 1 heterocycles. The van der Waals surface area contributed by atoms with E-state index in [0.717, 1.165) is 28.5 Å². The molecule has 3 aromatic rings. The maximum Gasteiger partial charge on any atom is 0.313 e. The van der Waals surface area contributed by atoms with Crippen molar-refractivity contribution in [2.45, 2.75) is 18.9 Å². The number of benzene rings is 2. The number of carbonyl (C=O) groups is 2. The molecule has 0 aliphatic heterocycles. The molecule has 126 valence electrons. The van der Waals surface area contributed by atoms with Gasteiger partial charge in [0.25, 0.3) is 0 Å². The number of carbonyl (C=O) groups excluding carboxylic acids is 2. The fourth-order valence-corrected chi connectivity index (χ4v) is 3.32. The van der Waals surface area contributed by atoms with E-state index in [4.69, 9.17) is 0 Å². The van der Waals surface area contributed by atoms with Crippen molar-refractivity contribution >= 4 is 28.4 Å². The molecule has 4 rings (SSSR count). The molecular weight excluding hydrogens is 321 g/mol. The van der Waals surface area contributed by atoms with Gasteiger partial charge < -0.3 is 15.6 Å². The van der Waals surface area contributed by atoms with Crippen LogP contribution in [-0.2, 0) is 16.0 Å². The first kappa shape index (κ1) is 15.4. The minimum Gasteiger partial charge on any atom is -0.361 e. The summed E-state index contributed by atoms with van der Waals surface area (Å²) in [6, 6.07) is 11.5. The molecule has 5 nitrogen and oxygen atoms in total. The number of nitrogens with one attached hydrogen (secondary N) is 3. The van der Waals surface area contributed by atoms with E-state index < -0.39 is 11.8 Å². The number of fused-ring (bicyclic) bond motifs is 2. The first-order valence-electron chi connectivity index (χ1n) is 8.08. The standard InChI is InChI=1S/C19H16FN3O2/c20-12-6-4-11-5-7-17(14(11)10-12)23-19(25)18(24)22-16-3-1-2-15-13(16)8-9-21-15/h1-4,6,8-10,17,21H,5,7H2,(H,22,24)(H,23,25)/t17-/m0/s1. The number of rotatable bonds is 2. The zero-order valence-electron chi connectivity index (χ0n) is 13.3. The van der Waals surface area contributed by atoms with Crippen LogP contribution in [0.2, 0.25) is 0 Å². The van der Waals surface area contributed by atoms with Gasteiger partial charge in [0.1, 0.15) is 5.82 Å². The number of aromatic nitrogens is 1. The zero-order chi connectivity index (χ0) is 17.4. The molecule has 1 aliphatic rings. The molecule has 0 saturated carbocycles. The van der Waals surface area contributed by atoms with E-state index in [1.807, 2.05) is 12.1 Å². The Morgan fingerprint density at radius 3 is 2.88 bits per heavy atom. The number of halogens is 1. The van der Waals surface area contributed by atoms with E-state index in [-0.39, 0.29) is 11.9 Å². The summed E-state index contributed by atoms with van der Waals surface area (Å²) in [5.41, 5.74) is 3.19. The van der Waals surface area contributed by atoms with Gasteiger partial charge in [0, 0.05) is 17.1 Å². The Labute approximate surface area is 143 Å². The number of aromatic amines is 1. The average molecular weight is 337 g/mol. The fraction of sp³-hybridized carbons (Fsp3) is 0.158.